The van der Waals surface area contributed by atoms with Crippen LogP contribution in [-0.4, -0.2) is 47.9 Å². The molecule has 0 unspecified atom stereocenters. The first kappa shape index (κ1) is 22.5. The van der Waals surface area contributed by atoms with Gasteiger partial charge in [-0.25, -0.2) is 9.89 Å². The van der Waals surface area contributed by atoms with E-state index in [4.69, 9.17) is 4.74 Å². The maximum atomic E-state index is 13.0. The van der Waals surface area contributed by atoms with E-state index >= 15 is 0 Å². The van der Waals surface area contributed by atoms with Gasteiger partial charge in [-0.1, -0.05) is 0 Å². The number of hydrogen-bond acceptors (Lipinski definition) is 6. The highest BCUT2D eigenvalue weighted by Gasteiger charge is 2.37. The highest BCUT2D eigenvalue weighted by atomic mass is 19.4. The fraction of sp³-hybridized carbons (Fsp3) is 0.389. The second-order valence-corrected chi connectivity index (χ2v) is 7.24. The molecule has 0 spiro atoms. The molecule has 9 nitrogen and oxygen atoms in total. The third-order valence-corrected chi connectivity index (χ3v) is 4.87. The Hall–Kier alpha value is -3.65. The molecule has 0 saturated carbocycles. The number of rotatable bonds is 3. The molecular weight excluding hydrogens is 460 g/mol. The largest absolute Gasteiger partial charge is 0.445 e. The lowest BCUT2D eigenvalue weighted by molar-refractivity contribution is -0.143. The Morgan fingerprint density at radius 3 is 2.33 bits per heavy atom. The molecule has 3 heterocycles. The van der Waals surface area contributed by atoms with Gasteiger partial charge in [-0.15, -0.1) is 5.10 Å². The fourth-order valence-electron chi connectivity index (χ4n) is 3.34. The number of benzene rings is 1. The molecule has 1 aromatic carbocycles. The van der Waals surface area contributed by atoms with Crippen molar-refractivity contribution >= 4 is 6.09 Å². The molecule has 4 rings (SSSR count). The van der Waals surface area contributed by atoms with Gasteiger partial charge in [0.25, 0.3) is 0 Å². The van der Waals surface area contributed by atoms with Crippen molar-refractivity contribution in [1.29, 1.82) is 0 Å². The Balaban J connectivity index is 1.48. The van der Waals surface area contributed by atoms with Gasteiger partial charge in [0.15, 0.2) is 5.82 Å². The Morgan fingerprint density at radius 2 is 1.73 bits per heavy atom. The van der Waals surface area contributed by atoms with Crippen molar-refractivity contribution in [2.24, 2.45) is 0 Å². The summed E-state index contributed by atoms with van der Waals surface area (Å²) in [6, 6.07) is 2.73. The lowest BCUT2D eigenvalue weighted by atomic mass is 10.1. The summed E-state index contributed by atoms with van der Waals surface area (Å²) in [5, 5.41) is 17.6. The van der Waals surface area contributed by atoms with Gasteiger partial charge in [-0.05, 0) is 46.7 Å². The summed E-state index contributed by atoms with van der Waals surface area (Å²) in [4.78, 5) is 13.8. The van der Waals surface area contributed by atoms with Crippen molar-refractivity contribution in [2.45, 2.75) is 38.5 Å². The molecule has 3 aromatic rings. The highest BCUT2D eigenvalue weighted by Crippen LogP contribution is 2.36. The maximum absolute atomic E-state index is 13.0. The number of alkyl halides is 6. The predicted molar refractivity (Wildman–Crippen MR) is 97.1 cm³/mol. The van der Waals surface area contributed by atoms with Crippen LogP contribution < -0.4 is 0 Å². The molecule has 1 aliphatic heterocycles. The molecule has 176 valence electrons. The van der Waals surface area contributed by atoms with Crippen molar-refractivity contribution in [3.05, 3.63) is 46.6 Å². The molecule has 0 atom stereocenters. The number of tetrazole rings is 1. The van der Waals surface area contributed by atoms with E-state index in [1.165, 1.54) is 4.90 Å². The normalized spacial score (nSPS) is 14.7. The van der Waals surface area contributed by atoms with E-state index in [9.17, 15) is 31.1 Å². The molecule has 15 heteroatoms. The Kier molecular flexibility index (Phi) is 5.71. The lowest BCUT2D eigenvalue weighted by Crippen LogP contribution is -2.31. The standard InChI is InChI=1S/C18H15F6N7O2/c19-17(20,21)11-4-10(5-12(6-11)18(22,23)24)9-33-16(32)30-2-1-3-31-13(8-30)7-14(27-31)15-25-28-29-26-15/h4-7H,1-3,8-9H2,(H,25,26,28,29). The molecular formula is C18H15F6N7O2. The predicted octanol–water partition coefficient (Wildman–Crippen LogP) is 3.64. The Morgan fingerprint density at radius 1 is 1.03 bits per heavy atom. The second kappa shape index (κ2) is 8.37. The summed E-state index contributed by atoms with van der Waals surface area (Å²) < 4.78 is 84.8. The van der Waals surface area contributed by atoms with E-state index in [0.717, 1.165) is 0 Å². The third-order valence-electron chi connectivity index (χ3n) is 4.87. The van der Waals surface area contributed by atoms with Crippen LogP contribution in [0.5, 0.6) is 0 Å². The first-order chi connectivity index (χ1) is 15.5. The Labute approximate surface area is 181 Å². The molecule has 0 radical (unpaired) electrons. The monoisotopic (exact) mass is 475 g/mol. The average Bonchev–Trinajstić information content (AvgIpc) is 3.36. The number of nitrogens with zero attached hydrogens (tertiary/aromatic N) is 6. The van der Waals surface area contributed by atoms with Gasteiger partial charge >= 0.3 is 18.4 Å². The van der Waals surface area contributed by atoms with Crippen molar-refractivity contribution in [2.75, 3.05) is 6.54 Å². The minimum atomic E-state index is -4.99. The SMILES string of the molecule is O=C(OCc1cc(C(F)(F)F)cc(C(F)(F)F)c1)N1CCCn2nc(-c3nnn[nH]3)cc2C1. The quantitative estimate of drug-likeness (QED) is 0.581. The van der Waals surface area contributed by atoms with Crippen LogP contribution in [-0.2, 0) is 36.8 Å². The minimum Gasteiger partial charge on any atom is -0.445 e. The van der Waals surface area contributed by atoms with Gasteiger partial charge in [0.05, 0.1) is 23.4 Å². The molecule has 1 amide bonds. The van der Waals surface area contributed by atoms with Gasteiger partial charge in [-0.3, -0.25) is 4.68 Å². The van der Waals surface area contributed by atoms with Gasteiger partial charge in [0, 0.05) is 13.1 Å². The number of ether oxygens (including phenoxy) is 1. The molecule has 0 fully saturated rings. The first-order valence-electron chi connectivity index (χ1n) is 9.51. The van der Waals surface area contributed by atoms with Gasteiger partial charge in [-0.2, -0.15) is 31.4 Å². The number of carbonyl (C=O) groups is 1. The number of halogens is 6. The number of amides is 1. The van der Waals surface area contributed by atoms with Crippen molar-refractivity contribution in [1.82, 2.24) is 35.3 Å². The van der Waals surface area contributed by atoms with Crippen molar-refractivity contribution < 1.29 is 35.9 Å². The van der Waals surface area contributed by atoms with Crippen LogP contribution in [0.4, 0.5) is 31.1 Å². The van der Waals surface area contributed by atoms with Crippen LogP contribution in [0.1, 0.15) is 28.8 Å². The number of H-pyrrole nitrogens is 1. The molecule has 0 aliphatic carbocycles. The van der Waals surface area contributed by atoms with Crippen molar-refractivity contribution in [3.63, 3.8) is 0 Å². The zero-order chi connectivity index (χ0) is 23.8. The van der Waals surface area contributed by atoms with E-state index < -0.39 is 41.7 Å². The van der Waals surface area contributed by atoms with Crippen LogP contribution in [0.3, 0.4) is 0 Å². The number of aryl methyl sites for hydroxylation is 1. The van der Waals surface area contributed by atoms with E-state index in [1.54, 1.807) is 10.7 Å². The number of aromatic amines is 1. The number of hydrogen-bond donors (Lipinski definition) is 1. The number of carbonyl (C=O) groups excluding carboxylic acids is 1. The zero-order valence-electron chi connectivity index (χ0n) is 16.6. The molecule has 1 aliphatic rings. The van der Waals surface area contributed by atoms with Crippen LogP contribution in [0.15, 0.2) is 24.3 Å². The van der Waals surface area contributed by atoms with Crippen molar-refractivity contribution in [3.8, 4) is 11.5 Å². The minimum absolute atomic E-state index is 0.0168. The summed E-state index contributed by atoms with van der Waals surface area (Å²) in [5.74, 6) is 0.328. The second-order valence-electron chi connectivity index (χ2n) is 7.24. The van der Waals surface area contributed by atoms with Crippen LogP contribution in [0, 0.1) is 0 Å². The Bertz CT molecular complexity index is 1110. The fourth-order valence-corrected chi connectivity index (χ4v) is 3.34. The number of aromatic nitrogens is 6. The summed E-state index contributed by atoms with van der Waals surface area (Å²) >= 11 is 0. The zero-order valence-corrected chi connectivity index (χ0v) is 16.6. The molecule has 1 N–H and O–H groups in total. The first-order valence-corrected chi connectivity index (χ1v) is 9.51. The molecule has 2 aromatic heterocycles. The molecule has 0 bridgehead atoms. The van der Waals surface area contributed by atoms with Gasteiger partial charge < -0.3 is 9.64 Å². The topological polar surface area (TPSA) is 102 Å². The summed E-state index contributed by atoms with van der Waals surface area (Å²) in [6.07, 6.45) is -10.3. The number of fused-ring (bicyclic) bond motifs is 1. The van der Waals surface area contributed by atoms with E-state index in [-0.39, 0.29) is 19.2 Å². The van der Waals surface area contributed by atoms with E-state index in [2.05, 4.69) is 25.7 Å². The maximum Gasteiger partial charge on any atom is 0.416 e. The van der Waals surface area contributed by atoms with E-state index in [0.29, 0.717) is 42.3 Å². The summed E-state index contributed by atoms with van der Waals surface area (Å²) in [6.45, 7) is 0.0569. The highest BCUT2D eigenvalue weighted by molar-refractivity contribution is 5.67. The van der Waals surface area contributed by atoms with Crippen LogP contribution in [0.2, 0.25) is 0 Å². The smallest absolute Gasteiger partial charge is 0.416 e. The van der Waals surface area contributed by atoms with Gasteiger partial charge in [0.1, 0.15) is 12.3 Å². The number of nitrogens with one attached hydrogen (secondary N) is 1. The lowest BCUT2D eigenvalue weighted by Gasteiger charge is -2.20. The average molecular weight is 475 g/mol. The van der Waals surface area contributed by atoms with Gasteiger partial charge in [0.2, 0.25) is 0 Å². The third kappa shape index (κ3) is 5.06. The van der Waals surface area contributed by atoms with Crippen LogP contribution >= 0.6 is 0 Å². The molecule has 33 heavy (non-hydrogen) atoms. The summed E-state index contributed by atoms with van der Waals surface area (Å²) in [7, 11) is 0. The van der Waals surface area contributed by atoms with E-state index in [1.807, 2.05) is 0 Å². The summed E-state index contributed by atoms with van der Waals surface area (Å²) in [5.41, 5.74) is -2.29. The van der Waals surface area contributed by atoms with Crippen LogP contribution in [0.25, 0.3) is 11.5 Å². The molecule has 0 saturated heterocycles.